The largest absolute Gasteiger partial charge is 0.471 e. The summed E-state index contributed by atoms with van der Waals surface area (Å²) in [6.07, 6.45) is 0.0460. The molecular weight excluding hydrogens is 311 g/mol. The molecule has 7 heteroatoms. The summed E-state index contributed by atoms with van der Waals surface area (Å²) in [6, 6.07) is 0. The standard InChI is InChI=1S/C16H22F3NO3/c1-23-13(21)2-3-20(14(22)16(17,18)19)15-7-10-4-11(8-15)6-12(5-10)9-15/h10-12H,2-9H2,1H3. The molecule has 4 bridgehead atoms. The second-order valence-electron chi connectivity index (χ2n) is 7.42. The second-order valence-corrected chi connectivity index (χ2v) is 7.42. The van der Waals surface area contributed by atoms with Crippen molar-refractivity contribution in [3.8, 4) is 0 Å². The number of nitrogens with zero attached hydrogens (tertiary/aromatic N) is 1. The first kappa shape index (κ1) is 16.6. The highest BCUT2D eigenvalue weighted by Gasteiger charge is 2.57. The van der Waals surface area contributed by atoms with E-state index in [4.69, 9.17) is 0 Å². The smallest absolute Gasteiger partial charge is 0.469 e. The lowest BCUT2D eigenvalue weighted by molar-refractivity contribution is -0.200. The molecule has 4 fully saturated rings. The molecule has 4 saturated carbocycles. The van der Waals surface area contributed by atoms with Gasteiger partial charge < -0.3 is 9.64 Å². The van der Waals surface area contributed by atoms with Crippen molar-refractivity contribution in [1.29, 1.82) is 0 Å². The van der Waals surface area contributed by atoms with Gasteiger partial charge in [-0.1, -0.05) is 0 Å². The van der Waals surface area contributed by atoms with Gasteiger partial charge >= 0.3 is 18.1 Å². The van der Waals surface area contributed by atoms with E-state index in [2.05, 4.69) is 4.74 Å². The Hall–Kier alpha value is -1.27. The Morgan fingerprint density at radius 1 is 1.09 bits per heavy atom. The summed E-state index contributed by atoms with van der Waals surface area (Å²) in [7, 11) is 1.20. The number of carbonyl (C=O) groups excluding carboxylic acids is 2. The summed E-state index contributed by atoms with van der Waals surface area (Å²) in [6.45, 7) is -0.211. The number of alkyl halides is 3. The van der Waals surface area contributed by atoms with Gasteiger partial charge in [-0.15, -0.1) is 0 Å². The molecule has 4 nitrogen and oxygen atoms in total. The molecule has 4 aliphatic rings. The Morgan fingerprint density at radius 3 is 1.96 bits per heavy atom. The van der Waals surface area contributed by atoms with Crippen LogP contribution in [0.2, 0.25) is 0 Å². The summed E-state index contributed by atoms with van der Waals surface area (Å²) in [5.74, 6) is -1.13. The van der Waals surface area contributed by atoms with E-state index in [1.165, 1.54) is 7.11 Å². The molecule has 0 spiro atoms. The molecule has 0 aliphatic heterocycles. The van der Waals surface area contributed by atoms with Crippen LogP contribution in [0.15, 0.2) is 0 Å². The Morgan fingerprint density at radius 2 is 1.57 bits per heavy atom. The molecule has 0 aromatic rings. The zero-order valence-corrected chi connectivity index (χ0v) is 13.2. The molecule has 0 heterocycles. The summed E-state index contributed by atoms with van der Waals surface area (Å²) in [5.41, 5.74) is -0.713. The normalized spacial score (nSPS) is 35.2. The highest BCUT2D eigenvalue weighted by atomic mass is 19.4. The number of methoxy groups -OCH3 is 1. The van der Waals surface area contributed by atoms with E-state index in [1.807, 2.05) is 0 Å². The van der Waals surface area contributed by atoms with Crippen molar-refractivity contribution in [3.63, 3.8) is 0 Å². The Balaban J connectivity index is 1.85. The molecule has 0 aromatic heterocycles. The van der Waals surface area contributed by atoms with E-state index in [9.17, 15) is 22.8 Å². The van der Waals surface area contributed by atoms with Gasteiger partial charge in [-0.25, -0.2) is 0 Å². The van der Waals surface area contributed by atoms with Crippen LogP contribution < -0.4 is 0 Å². The van der Waals surface area contributed by atoms with Gasteiger partial charge in [0.2, 0.25) is 0 Å². The monoisotopic (exact) mass is 333 g/mol. The zero-order valence-electron chi connectivity index (χ0n) is 13.2. The SMILES string of the molecule is COC(=O)CCN(C(=O)C(F)(F)F)C12CC3CC(CC(C3)C1)C2. The van der Waals surface area contributed by atoms with E-state index in [-0.39, 0.29) is 13.0 Å². The first-order chi connectivity index (χ1) is 10.7. The number of hydrogen-bond donors (Lipinski definition) is 0. The zero-order chi connectivity index (χ0) is 16.8. The summed E-state index contributed by atoms with van der Waals surface area (Å²) in [4.78, 5) is 24.4. The first-order valence-electron chi connectivity index (χ1n) is 8.19. The molecule has 0 atom stereocenters. The maximum Gasteiger partial charge on any atom is 0.471 e. The van der Waals surface area contributed by atoms with E-state index >= 15 is 0 Å². The number of hydrogen-bond acceptors (Lipinski definition) is 3. The summed E-state index contributed by atoms with van der Waals surface area (Å²) < 4.78 is 43.8. The third-order valence-corrected chi connectivity index (χ3v) is 5.83. The fraction of sp³-hybridized carbons (Fsp3) is 0.875. The third kappa shape index (κ3) is 3.06. The molecule has 0 unspecified atom stereocenters. The third-order valence-electron chi connectivity index (χ3n) is 5.83. The van der Waals surface area contributed by atoms with Crippen molar-refractivity contribution in [2.75, 3.05) is 13.7 Å². The van der Waals surface area contributed by atoms with Crippen LogP contribution in [0.3, 0.4) is 0 Å². The minimum atomic E-state index is -4.90. The molecule has 130 valence electrons. The molecule has 0 N–H and O–H groups in total. The van der Waals surface area contributed by atoms with Gasteiger partial charge in [0.25, 0.3) is 0 Å². The van der Waals surface area contributed by atoms with Crippen molar-refractivity contribution in [1.82, 2.24) is 4.90 Å². The van der Waals surface area contributed by atoms with Crippen molar-refractivity contribution in [3.05, 3.63) is 0 Å². The maximum atomic E-state index is 13.1. The molecule has 0 saturated heterocycles. The van der Waals surface area contributed by atoms with Gasteiger partial charge in [-0.3, -0.25) is 9.59 Å². The number of ether oxygens (including phenoxy) is 1. The van der Waals surface area contributed by atoms with Gasteiger partial charge in [0.1, 0.15) is 0 Å². The fourth-order valence-electron chi connectivity index (χ4n) is 5.41. The first-order valence-corrected chi connectivity index (χ1v) is 8.19. The number of amides is 1. The minimum absolute atomic E-state index is 0.194. The van der Waals surface area contributed by atoms with Crippen LogP contribution in [0.5, 0.6) is 0 Å². The quantitative estimate of drug-likeness (QED) is 0.743. The van der Waals surface area contributed by atoms with Gasteiger partial charge in [-0.05, 0) is 56.3 Å². The summed E-state index contributed by atoms with van der Waals surface area (Å²) >= 11 is 0. The van der Waals surface area contributed by atoms with Crippen molar-refractivity contribution >= 4 is 11.9 Å². The van der Waals surface area contributed by atoms with E-state index in [1.54, 1.807) is 0 Å². The lowest BCUT2D eigenvalue weighted by Gasteiger charge is -2.60. The van der Waals surface area contributed by atoms with Gasteiger partial charge in [0, 0.05) is 12.1 Å². The fourth-order valence-corrected chi connectivity index (χ4v) is 5.41. The number of rotatable bonds is 4. The van der Waals surface area contributed by atoms with Gasteiger partial charge in [0.05, 0.1) is 13.5 Å². The minimum Gasteiger partial charge on any atom is -0.469 e. The van der Waals surface area contributed by atoms with Gasteiger partial charge in [-0.2, -0.15) is 13.2 Å². The molecule has 0 aromatic carbocycles. The van der Waals surface area contributed by atoms with Crippen LogP contribution in [0.25, 0.3) is 0 Å². The van der Waals surface area contributed by atoms with Crippen LogP contribution in [-0.2, 0) is 14.3 Å². The molecule has 23 heavy (non-hydrogen) atoms. The number of halogens is 3. The van der Waals surface area contributed by atoms with E-state index < -0.39 is 23.6 Å². The maximum absolute atomic E-state index is 13.1. The lowest BCUT2D eigenvalue weighted by Crippen LogP contribution is -2.63. The molecule has 4 rings (SSSR count). The van der Waals surface area contributed by atoms with Crippen molar-refractivity contribution in [2.45, 2.75) is 56.7 Å². The van der Waals surface area contributed by atoms with Crippen LogP contribution >= 0.6 is 0 Å². The van der Waals surface area contributed by atoms with Crippen LogP contribution in [0, 0.1) is 17.8 Å². The Kier molecular flexibility index (Phi) is 4.09. The van der Waals surface area contributed by atoms with Crippen LogP contribution in [0.1, 0.15) is 44.9 Å². The highest BCUT2D eigenvalue weighted by molar-refractivity contribution is 5.83. The molecule has 4 aliphatic carbocycles. The predicted molar refractivity (Wildman–Crippen MR) is 75.3 cm³/mol. The molecule has 1 amide bonds. The Labute approximate surface area is 133 Å². The molecule has 0 radical (unpaired) electrons. The second kappa shape index (κ2) is 5.67. The topological polar surface area (TPSA) is 46.6 Å². The van der Waals surface area contributed by atoms with Crippen molar-refractivity contribution in [2.24, 2.45) is 17.8 Å². The van der Waals surface area contributed by atoms with Crippen LogP contribution in [0.4, 0.5) is 13.2 Å². The highest BCUT2D eigenvalue weighted by Crippen LogP contribution is 2.58. The van der Waals surface area contributed by atoms with E-state index in [0.29, 0.717) is 37.0 Å². The lowest BCUT2D eigenvalue weighted by atomic mass is 9.52. The predicted octanol–water partition coefficient (Wildman–Crippen LogP) is 2.91. The van der Waals surface area contributed by atoms with Crippen LogP contribution in [-0.4, -0.2) is 42.1 Å². The Bertz CT molecular complexity index is 468. The number of esters is 1. The van der Waals surface area contributed by atoms with Crippen molar-refractivity contribution < 1.29 is 27.5 Å². The van der Waals surface area contributed by atoms with E-state index in [0.717, 1.165) is 24.2 Å². The molecular formula is C16H22F3NO3. The number of carbonyl (C=O) groups is 2. The average Bonchev–Trinajstić information content (AvgIpc) is 2.44. The average molecular weight is 333 g/mol. The summed E-state index contributed by atoms with van der Waals surface area (Å²) in [5, 5.41) is 0. The van der Waals surface area contributed by atoms with Gasteiger partial charge in [0.15, 0.2) is 0 Å².